The minimum absolute atomic E-state index is 0.0144. The molecule has 0 saturated carbocycles. The lowest BCUT2D eigenvalue weighted by Gasteiger charge is -2.24. The molecule has 0 bridgehead atoms. The Morgan fingerprint density at radius 2 is 2.00 bits per heavy atom. The maximum atomic E-state index is 12.0. The summed E-state index contributed by atoms with van der Waals surface area (Å²) < 4.78 is 9.63. The number of hydrogen-bond donors (Lipinski definition) is 2. The van der Waals surface area contributed by atoms with Crippen molar-refractivity contribution in [2.24, 2.45) is 5.73 Å². The molecule has 8 heteroatoms. The number of carbonyl (C=O) groups is 3. The average Bonchev–Trinajstić information content (AvgIpc) is 2.40. The van der Waals surface area contributed by atoms with Crippen molar-refractivity contribution >= 4 is 17.8 Å². The first-order valence-corrected chi connectivity index (χ1v) is 6.33. The van der Waals surface area contributed by atoms with Gasteiger partial charge in [-0.2, -0.15) is 0 Å². The standard InChI is InChI=1S/C12H22N2O6/c1-3-20-11(17)8-14(6-7-19-2)12(18)9(13)4-5-10(15)16/h9H,3-8,13H2,1-2H3,(H,15,16). The third kappa shape index (κ3) is 7.70. The Balaban J connectivity index is 4.53. The first kappa shape index (κ1) is 18.3. The van der Waals surface area contributed by atoms with Gasteiger partial charge < -0.3 is 25.2 Å². The largest absolute Gasteiger partial charge is 0.481 e. The van der Waals surface area contributed by atoms with Crippen LogP contribution in [-0.2, 0) is 23.9 Å². The van der Waals surface area contributed by atoms with E-state index in [-0.39, 0.29) is 39.1 Å². The second-order valence-electron chi connectivity index (χ2n) is 4.10. The zero-order valence-electron chi connectivity index (χ0n) is 11.8. The average molecular weight is 290 g/mol. The fourth-order valence-electron chi connectivity index (χ4n) is 1.47. The van der Waals surface area contributed by atoms with Crippen LogP contribution in [0.25, 0.3) is 0 Å². The van der Waals surface area contributed by atoms with E-state index in [0.29, 0.717) is 0 Å². The van der Waals surface area contributed by atoms with E-state index in [4.69, 9.17) is 20.3 Å². The van der Waals surface area contributed by atoms with Crippen molar-refractivity contribution in [1.29, 1.82) is 0 Å². The van der Waals surface area contributed by atoms with Gasteiger partial charge in [0.25, 0.3) is 0 Å². The number of hydrogen-bond acceptors (Lipinski definition) is 6. The number of rotatable bonds is 10. The van der Waals surface area contributed by atoms with Crippen molar-refractivity contribution in [3.8, 4) is 0 Å². The molecule has 3 N–H and O–H groups in total. The van der Waals surface area contributed by atoms with Gasteiger partial charge in [-0.05, 0) is 13.3 Å². The predicted octanol–water partition coefficient (Wildman–Crippen LogP) is -0.783. The summed E-state index contributed by atoms with van der Waals surface area (Å²) >= 11 is 0. The number of carboxylic acids is 1. The number of carbonyl (C=O) groups excluding carboxylic acids is 2. The van der Waals surface area contributed by atoms with E-state index in [1.54, 1.807) is 6.92 Å². The smallest absolute Gasteiger partial charge is 0.325 e. The van der Waals surface area contributed by atoms with Crippen molar-refractivity contribution in [3.05, 3.63) is 0 Å². The van der Waals surface area contributed by atoms with Crippen LogP contribution >= 0.6 is 0 Å². The van der Waals surface area contributed by atoms with E-state index < -0.39 is 23.9 Å². The lowest BCUT2D eigenvalue weighted by molar-refractivity contribution is -0.150. The molecule has 1 amide bonds. The molecule has 8 nitrogen and oxygen atoms in total. The lowest BCUT2D eigenvalue weighted by Crippen LogP contribution is -2.47. The van der Waals surface area contributed by atoms with Crippen LogP contribution in [0.2, 0.25) is 0 Å². The van der Waals surface area contributed by atoms with Crippen LogP contribution in [0.1, 0.15) is 19.8 Å². The van der Waals surface area contributed by atoms with Gasteiger partial charge in [-0.15, -0.1) is 0 Å². The maximum absolute atomic E-state index is 12.0. The molecule has 0 aliphatic heterocycles. The minimum atomic E-state index is -1.03. The van der Waals surface area contributed by atoms with Crippen molar-refractivity contribution < 1.29 is 29.0 Å². The summed E-state index contributed by atoms with van der Waals surface area (Å²) in [5.41, 5.74) is 5.64. The topological polar surface area (TPSA) is 119 Å². The molecule has 1 atom stereocenters. The van der Waals surface area contributed by atoms with E-state index in [0.717, 1.165) is 0 Å². The monoisotopic (exact) mass is 290 g/mol. The molecule has 0 rings (SSSR count). The molecule has 0 fully saturated rings. The number of amides is 1. The van der Waals surface area contributed by atoms with Gasteiger partial charge in [0.15, 0.2) is 0 Å². The van der Waals surface area contributed by atoms with Gasteiger partial charge in [0.2, 0.25) is 5.91 Å². The molecule has 20 heavy (non-hydrogen) atoms. The molecule has 0 aliphatic carbocycles. The second-order valence-corrected chi connectivity index (χ2v) is 4.10. The van der Waals surface area contributed by atoms with Gasteiger partial charge in [0, 0.05) is 20.1 Å². The summed E-state index contributed by atoms with van der Waals surface area (Å²) in [5, 5.41) is 8.56. The molecule has 0 aromatic heterocycles. The molecule has 0 aliphatic rings. The van der Waals surface area contributed by atoms with E-state index >= 15 is 0 Å². The van der Waals surface area contributed by atoms with Crippen LogP contribution in [0.5, 0.6) is 0 Å². The molecule has 1 unspecified atom stereocenters. The summed E-state index contributed by atoms with van der Waals surface area (Å²) in [5.74, 6) is -2.05. The molecule has 0 aromatic rings. The Bertz CT molecular complexity index is 334. The summed E-state index contributed by atoms with van der Waals surface area (Å²) in [6, 6.07) is -0.961. The Hall–Kier alpha value is -1.67. The van der Waals surface area contributed by atoms with Crippen molar-refractivity contribution in [3.63, 3.8) is 0 Å². The van der Waals surface area contributed by atoms with Crippen molar-refractivity contribution in [2.75, 3.05) is 33.4 Å². The molecule has 0 saturated heterocycles. The Kier molecular flexibility index (Phi) is 9.31. The highest BCUT2D eigenvalue weighted by Gasteiger charge is 2.23. The van der Waals surface area contributed by atoms with E-state index in [1.807, 2.05) is 0 Å². The van der Waals surface area contributed by atoms with Crippen molar-refractivity contribution in [1.82, 2.24) is 4.90 Å². The third-order valence-corrected chi connectivity index (χ3v) is 2.49. The van der Waals surface area contributed by atoms with Crippen LogP contribution in [0, 0.1) is 0 Å². The highest BCUT2D eigenvalue weighted by Crippen LogP contribution is 2.02. The Morgan fingerprint density at radius 1 is 1.35 bits per heavy atom. The van der Waals surface area contributed by atoms with Gasteiger partial charge in [-0.3, -0.25) is 14.4 Å². The molecule has 0 radical (unpaired) electrons. The molecule has 0 heterocycles. The van der Waals surface area contributed by atoms with Gasteiger partial charge in [0.1, 0.15) is 6.54 Å². The maximum Gasteiger partial charge on any atom is 0.325 e. The van der Waals surface area contributed by atoms with Gasteiger partial charge in [-0.25, -0.2) is 0 Å². The molecule has 0 spiro atoms. The molecule has 0 aromatic carbocycles. The summed E-state index contributed by atoms with van der Waals surface area (Å²) in [4.78, 5) is 35.1. The zero-order chi connectivity index (χ0) is 15.5. The highest BCUT2D eigenvalue weighted by molar-refractivity contribution is 5.86. The van der Waals surface area contributed by atoms with Gasteiger partial charge in [0.05, 0.1) is 19.3 Å². The SMILES string of the molecule is CCOC(=O)CN(CCOC)C(=O)C(N)CCC(=O)O. The van der Waals surface area contributed by atoms with E-state index in [9.17, 15) is 14.4 Å². The van der Waals surface area contributed by atoms with E-state index in [1.165, 1.54) is 12.0 Å². The minimum Gasteiger partial charge on any atom is -0.481 e. The summed E-state index contributed by atoms with van der Waals surface area (Å²) in [6.45, 7) is 2.09. The summed E-state index contributed by atoms with van der Waals surface area (Å²) in [6.07, 6.45) is -0.190. The third-order valence-electron chi connectivity index (χ3n) is 2.49. The second kappa shape index (κ2) is 10.2. The van der Waals surface area contributed by atoms with Crippen LogP contribution in [0.3, 0.4) is 0 Å². The number of methoxy groups -OCH3 is 1. The number of ether oxygens (including phenoxy) is 2. The zero-order valence-corrected chi connectivity index (χ0v) is 11.8. The number of nitrogens with zero attached hydrogens (tertiary/aromatic N) is 1. The van der Waals surface area contributed by atoms with E-state index in [2.05, 4.69) is 0 Å². The quantitative estimate of drug-likeness (QED) is 0.506. The van der Waals surface area contributed by atoms with Gasteiger partial charge >= 0.3 is 11.9 Å². The predicted molar refractivity (Wildman–Crippen MR) is 69.9 cm³/mol. The fraction of sp³-hybridized carbons (Fsp3) is 0.750. The Labute approximate surface area is 117 Å². The molecular formula is C12H22N2O6. The number of aliphatic carboxylic acids is 1. The molecular weight excluding hydrogens is 268 g/mol. The Morgan fingerprint density at radius 3 is 2.50 bits per heavy atom. The number of carboxylic acid groups (broad SMARTS) is 1. The normalized spacial score (nSPS) is 11.8. The van der Waals surface area contributed by atoms with Crippen LogP contribution in [-0.4, -0.2) is 67.3 Å². The van der Waals surface area contributed by atoms with Crippen molar-refractivity contribution in [2.45, 2.75) is 25.8 Å². The summed E-state index contributed by atoms with van der Waals surface area (Å²) in [7, 11) is 1.47. The molecule has 116 valence electrons. The fourth-order valence-corrected chi connectivity index (χ4v) is 1.47. The lowest BCUT2D eigenvalue weighted by atomic mass is 10.1. The first-order valence-electron chi connectivity index (χ1n) is 6.33. The van der Waals surface area contributed by atoms with Gasteiger partial charge in [-0.1, -0.05) is 0 Å². The van der Waals surface area contributed by atoms with Crippen LogP contribution in [0.15, 0.2) is 0 Å². The number of nitrogens with two attached hydrogens (primary N) is 1. The van der Waals surface area contributed by atoms with Crippen LogP contribution in [0.4, 0.5) is 0 Å². The highest BCUT2D eigenvalue weighted by atomic mass is 16.5. The first-order chi connectivity index (χ1) is 9.42. The van der Waals surface area contributed by atoms with Crippen LogP contribution < -0.4 is 5.73 Å². The number of esters is 1.